The van der Waals surface area contributed by atoms with Crippen LogP contribution in [0.5, 0.6) is 11.5 Å². The first kappa shape index (κ1) is 18.2. The van der Waals surface area contributed by atoms with Crippen LogP contribution in [0.25, 0.3) is 0 Å². The Labute approximate surface area is 151 Å². The lowest BCUT2D eigenvalue weighted by molar-refractivity contribution is -0.533. The van der Waals surface area contributed by atoms with Gasteiger partial charge in [-0.2, -0.15) is 5.06 Å². The number of ether oxygens (including phenoxy) is 2. The van der Waals surface area contributed by atoms with Crippen LogP contribution in [0.15, 0.2) is 48.5 Å². The van der Waals surface area contributed by atoms with Gasteiger partial charge in [0.05, 0.1) is 0 Å². The van der Waals surface area contributed by atoms with Crippen molar-refractivity contribution in [3.63, 3.8) is 0 Å². The van der Waals surface area contributed by atoms with Gasteiger partial charge in [0.1, 0.15) is 6.04 Å². The van der Waals surface area contributed by atoms with Gasteiger partial charge in [-0.1, -0.05) is 36.4 Å². The molecule has 0 radical (unpaired) electrons. The molecule has 2 aromatic rings. The van der Waals surface area contributed by atoms with Crippen molar-refractivity contribution in [3.8, 4) is 11.5 Å². The fourth-order valence-electron chi connectivity index (χ4n) is 3.19. The van der Waals surface area contributed by atoms with Crippen LogP contribution in [-0.2, 0) is 6.42 Å². The van der Waals surface area contributed by atoms with Crippen molar-refractivity contribution in [3.05, 3.63) is 69.8 Å². The molecule has 3 atom stereocenters. The van der Waals surface area contributed by atoms with Gasteiger partial charge in [-0.3, -0.25) is 10.1 Å². The second kappa shape index (κ2) is 7.72. The topological polar surface area (TPSA) is 85.1 Å². The second-order valence-corrected chi connectivity index (χ2v) is 6.50. The van der Waals surface area contributed by atoms with Crippen LogP contribution in [0.2, 0.25) is 0 Å². The van der Waals surface area contributed by atoms with E-state index in [-0.39, 0.29) is 17.8 Å². The molecule has 0 spiro atoms. The largest absolute Gasteiger partial charge is 0.454 e. The van der Waals surface area contributed by atoms with E-state index in [0.29, 0.717) is 23.5 Å². The first-order valence-electron chi connectivity index (χ1n) is 8.51. The Hall–Kier alpha value is -2.64. The molecule has 0 saturated heterocycles. The normalized spacial score (nSPS) is 16.3. The molecule has 1 N–H and O–H groups in total. The summed E-state index contributed by atoms with van der Waals surface area (Å²) in [5.74, 6) is 1.38. The van der Waals surface area contributed by atoms with E-state index in [2.05, 4.69) is 0 Å². The first-order chi connectivity index (χ1) is 12.5. The highest BCUT2D eigenvalue weighted by Gasteiger charge is 2.35. The van der Waals surface area contributed by atoms with Gasteiger partial charge in [0.15, 0.2) is 11.5 Å². The van der Waals surface area contributed by atoms with E-state index >= 15 is 0 Å². The lowest BCUT2D eigenvalue weighted by Gasteiger charge is -2.31. The lowest BCUT2D eigenvalue weighted by Crippen LogP contribution is -2.42. The van der Waals surface area contributed by atoms with E-state index < -0.39 is 12.1 Å². The Morgan fingerprint density at radius 3 is 2.54 bits per heavy atom. The number of nitrogens with zero attached hydrogens (tertiary/aromatic N) is 2. The first-order valence-corrected chi connectivity index (χ1v) is 8.51. The van der Waals surface area contributed by atoms with Crippen LogP contribution in [-0.4, -0.2) is 34.1 Å². The summed E-state index contributed by atoms with van der Waals surface area (Å²) in [6.07, 6.45) is 0.515. The Balaban J connectivity index is 1.79. The van der Waals surface area contributed by atoms with E-state index in [0.717, 1.165) is 10.6 Å². The zero-order valence-electron chi connectivity index (χ0n) is 14.7. The van der Waals surface area contributed by atoms with Crippen LogP contribution in [0, 0.1) is 10.1 Å². The van der Waals surface area contributed by atoms with Crippen molar-refractivity contribution in [2.75, 3.05) is 6.79 Å². The molecule has 7 heteroatoms. The second-order valence-electron chi connectivity index (χ2n) is 6.50. The smallest absolute Gasteiger partial charge is 0.232 e. The van der Waals surface area contributed by atoms with Crippen molar-refractivity contribution >= 4 is 0 Å². The van der Waals surface area contributed by atoms with Gasteiger partial charge < -0.3 is 14.7 Å². The van der Waals surface area contributed by atoms with E-state index in [1.807, 2.05) is 43.3 Å². The average Bonchev–Trinajstić information content (AvgIpc) is 3.10. The van der Waals surface area contributed by atoms with Gasteiger partial charge in [-0.05, 0) is 36.6 Å². The van der Waals surface area contributed by atoms with Crippen LogP contribution in [0.4, 0.5) is 0 Å². The van der Waals surface area contributed by atoms with Gasteiger partial charge in [0.25, 0.3) is 0 Å². The molecule has 138 valence electrons. The van der Waals surface area contributed by atoms with Crippen molar-refractivity contribution in [1.29, 1.82) is 0 Å². The maximum absolute atomic E-state index is 11.4. The number of nitro groups is 1. The number of rotatable bonds is 7. The maximum atomic E-state index is 11.4. The Bertz CT molecular complexity index is 768. The molecule has 26 heavy (non-hydrogen) atoms. The zero-order chi connectivity index (χ0) is 18.7. The van der Waals surface area contributed by atoms with Gasteiger partial charge in [-0.25, -0.2) is 0 Å². The molecule has 3 unspecified atom stereocenters. The highest BCUT2D eigenvalue weighted by molar-refractivity contribution is 5.44. The molecule has 0 bridgehead atoms. The molecule has 1 aliphatic rings. The molecule has 0 amide bonds. The molecule has 0 fully saturated rings. The Morgan fingerprint density at radius 1 is 1.15 bits per heavy atom. The van der Waals surface area contributed by atoms with E-state index in [1.54, 1.807) is 12.1 Å². The quantitative estimate of drug-likeness (QED) is 0.603. The summed E-state index contributed by atoms with van der Waals surface area (Å²) in [4.78, 5) is 11.0. The summed E-state index contributed by atoms with van der Waals surface area (Å²) in [7, 11) is 0. The summed E-state index contributed by atoms with van der Waals surface area (Å²) in [6, 6.07) is 12.6. The minimum atomic E-state index is -0.957. The molecule has 0 aliphatic carbocycles. The number of hydrogen-bond donors (Lipinski definition) is 1. The molecule has 3 rings (SSSR count). The Morgan fingerprint density at radius 2 is 1.85 bits per heavy atom. The number of fused-ring (bicyclic) bond motifs is 1. The molecule has 2 aromatic carbocycles. The monoisotopic (exact) mass is 358 g/mol. The summed E-state index contributed by atoms with van der Waals surface area (Å²) in [5.41, 5.74) is 1.66. The zero-order valence-corrected chi connectivity index (χ0v) is 14.7. The van der Waals surface area contributed by atoms with E-state index in [1.165, 1.54) is 6.92 Å². The van der Waals surface area contributed by atoms with E-state index in [9.17, 15) is 15.3 Å². The standard InChI is InChI=1S/C19H22N2O5/c1-13(10-15-8-9-17-18(11-15)26-12-25-17)20(22)19(14(2)21(23)24)16-6-4-3-5-7-16/h3-9,11,13-14,19,22H,10,12H2,1-2H3. The fourth-order valence-corrected chi connectivity index (χ4v) is 3.19. The van der Waals surface area contributed by atoms with Gasteiger partial charge in [0.2, 0.25) is 12.8 Å². The number of benzene rings is 2. The number of hydrogen-bond acceptors (Lipinski definition) is 6. The van der Waals surface area contributed by atoms with Crippen molar-refractivity contribution in [2.45, 2.75) is 38.4 Å². The van der Waals surface area contributed by atoms with Crippen molar-refractivity contribution < 1.29 is 19.6 Å². The van der Waals surface area contributed by atoms with Crippen LogP contribution < -0.4 is 9.47 Å². The fraction of sp³-hybridized carbons (Fsp3) is 0.368. The van der Waals surface area contributed by atoms with Crippen LogP contribution in [0.1, 0.15) is 31.0 Å². The molecule has 1 aliphatic heterocycles. The van der Waals surface area contributed by atoms with Crippen LogP contribution in [0.3, 0.4) is 0 Å². The average molecular weight is 358 g/mol. The lowest BCUT2D eigenvalue weighted by atomic mass is 9.97. The third-order valence-electron chi connectivity index (χ3n) is 4.64. The Kier molecular flexibility index (Phi) is 5.39. The van der Waals surface area contributed by atoms with E-state index in [4.69, 9.17) is 9.47 Å². The highest BCUT2D eigenvalue weighted by atomic mass is 16.7. The molecule has 0 saturated carbocycles. The SMILES string of the molecule is CC(Cc1ccc2c(c1)OCO2)N(O)C(c1ccccc1)C(C)[N+](=O)[O-]. The third-order valence-corrected chi connectivity index (χ3v) is 4.64. The molecule has 0 aromatic heterocycles. The summed E-state index contributed by atoms with van der Waals surface area (Å²) in [6.45, 7) is 3.55. The molecular formula is C19H22N2O5. The van der Waals surface area contributed by atoms with Crippen molar-refractivity contribution in [1.82, 2.24) is 5.06 Å². The molecule has 7 nitrogen and oxygen atoms in total. The van der Waals surface area contributed by atoms with Gasteiger partial charge in [0, 0.05) is 17.9 Å². The summed E-state index contributed by atoms with van der Waals surface area (Å²) < 4.78 is 10.7. The molecular weight excluding hydrogens is 336 g/mol. The van der Waals surface area contributed by atoms with Gasteiger partial charge in [-0.15, -0.1) is 0 Å². The highest BCUT2D eigenvalue weighted by Crippen LogP contribution is 2.33. The predicted octanol–water partition coefficient (Wildman–Crippen LogP) is 3.44. The van der Waals surface area contributed by atoms with Crippen molar-refractivity contribution in [2.24, 2.45) is 0 Å². The minimum Gasteiger partial charge on any atom is -0.454 e. The van der Waals surface area contributed by atoms with Crippen LogP contribution >= 0.6 is 0 Å². The molecule has 1 heterocycles. The van der Waals surface area contributed by atoms with Gasteiger partial charge >= 0.3 is 0 Å². The third kappa shape index (κ3) is 3.79. The maximum Gasteiger partial charge on any atom is 0.232 e. The predicted molar refractivity (Wildman–Crippen MR) is 95.0 cm³/mol. The number of hydroxylamine groups is 2. The minimum absolute atomic E-state index is 0.205. The summed E-state index contributed by atoms with van der Waals surface area (Å²) >= 11 is 0. The summed E-state index contributed by atoms with van der Waals surface area (Å²) in [5, 5.41) is 23.2.